The first-order valence-corrected chi connectivity index (χ1v) is 6.67. The molecule has 1 saturated carbocycles. The van der Waals surface area contributed by atoms with Crippen molar-refractivity contribution in [3.63, 3.8) is 0 Å². The fourth-order valence-electron chi connectivity index (χ4n) is 3.39. The summed E-state index contributed by atoms with van der Waals surface area (Å²) in [6, 6.07) is -0.304. The molecule has 2 heterocycles. The SMILES string of the molecule is CC1(C)O[C@@H]2C[C@@]3(CC(N)[C@@H]2O1)OC(C)(C)OC3=O. The minimum Gasteiger partial charge on any atom is -0.432 e. The monoisotopic (exact) mass is 271 g/mol. The van der Waals surface area contributed by atoms with Crippen LogP contribution in [0.3, 0.4) is 0 Å². The summed E-state index contributed by atoms with van der Waals surface area (Å²) in [5.74, 6) is -1.92. The van der Waals surface area contributed by atoms with E-state index in [1.165, 1.54) is 0 Å². The van der Waals surface area contributed by atoms with E-state index in [9.17, 15) is 4.79 Å². The van der Waals surface area contributed by atoms with Gasteiger partial charge in [-0.15, -0.1) is 0 Å². The van der Waals surface area contributed by atoms with E-state index in [4.69, 9.17) is 24.7 Å². The topological polar surface area (TPSA) is 80.0 Å². The van der Waals surface area contributed by atoms with Gasteiger partial charge in [0.15, 0.2) is 11.4 Å². The number of cyclic esters (lactones) is 1. The fraction of sp³-hybridized carbons (Fsp3) is 0.923. The Kier molecular flexibility index (Phi) is 2.59. The molecule has 4 atom stereocenters. The second-order valence-corrected chi connectivity index (χ2v) is 6.60. The van der Waals surface area contributed by atoms with Crippen molar-refractivity contribution in [2.24, 2.45) is 5.73 Å². The van der Waals surface area contributed by atoms with E-state index < -0.39 is 17.2 Å². The Hall–Kier alpha value is -0.690. The van der Waals surface area contributed by atoms with Gasteiger partial charge in [-0.1, -0.05) is 0 Å². The molecule has 1 spiro atoms. The largest absolute Gasteiger partial charge is 0.432 e. The van der Waals surface area contributed by atoms with Crippen LogP contribution in [-0.4, -0.2) is 41.4 Å². The highest BCUT2D eigenvalue weighted by atomic mass is 16.8. The summed E-state index contributed by atoms with van der Waals surface area (Å²) in [7, 11) is 0. The summed E-state index contributed by atoms with van der Waals surface area (Å²) in [6.07, 6.45) is 0.397. The lowest BCUT2D eigenvalue weighted by atomic mass is 9.78. The Morgan fingerprint density at radius 3 is 2.37 bits per heavy atom. The number of fused-ring (bicyclic) bond motifs is 1. The van der Waals surface area contributed by atoms with Crippen LogP contribution in [-0.2, 0) is 23.7 Å². The van der Waals surface area contributed by atoms with Crippen LogP contribution in [0.5, 0.6) is 0 Å². The first-order valence-electron chi connectivity index (χ1n) is 6.67. The van der Waals surface area contributed by atoms with Crippen LogP contribution in [0.25, 0.3) is 0 Å². The van der Waals surface area contributed by atoms with Crippen LogP contribution in [0, 0.1) is 0 Å². The third-order valence-corrected chi connectivity index (χ3v) is 3.89. The van der Waals surface area contributed by atoms with Crippen molar-refractivity contribution < 1.29 is 23.7 Å². The van der Waals surface area contributed by atoms with Gasteiger partial charge in [-0.3, -0.25) is 0 Å². The van der Waals surface area contributed by atoms with Crippen LogP contribution in [0.2, 0.25) is 0 Å². The van der Waals surface area contributed by atoms with Crippen molar-refractivity contribution in [2.45, 2.75) is 76.0 Å². The van der Waals surface area contributed by atoms with E-state index in [1.54, 1.807) is 13.8 Å². The van der Waals surface area contributed by atoms with Crippen molar-refractivity contribution in [1.29, 1.82) is 0 Å². The molecule has 3 aliphatic rings. The molecule has 3 rings (SSSR count). The number of carbonyl (C=O) groups excluding carboxylic acids is 1. The summed E-state index contributed by atoms with van der Waals surface area (Å²) < 4.78 is 22.8. The molecule has 0 radical (unpaired) electrons. The Morgan fingerprint density at radius 2 is 1.79 bits per heavy atom. The summed E-state index contributed by atoms with van der Waals surface area (Å²) >= 11 is 0. The Labute approximate surface area is 112 Å². The molecule has 0 bridgehead atoms. The smallest absolute Gasteiger partial charge is 0.341 e. The maximum Gasteiger partial charge on any atom is 0.341 e. The maximum absolute atomic E-state index is 12.2. The second-order valence-electron chi connectivity index (χ2n) is 6.60. The van der Waals surface area contributed by atoms with Gasteiger partial charge in [-0.2, -0.15) is 0 Å². The molecule has 1 unspecified atom stereocenters. The number of carbonyl (C=O) groups is 1. The first kappa shape index (κ1) is 13.3. The van der Waals surface area contributed by atoms with Crippen molar-refractivity contribution in [2.75, 3.05) is 0 Å². The van der Waals surface area contributed by atoms with Crippen LogP contribution < -0.4 is 5.73 Å². The molecule has 6 heteroatoms. The highest BCUT2D eigenvalue weighted by Gasteiger charge is 2.62. The summed E-state index contributed by atoms with van der Waals surface area (Å²) in [5, 5.41) is 0. The van der Waals surface area contributed by atoms with Crippen molar-refractivity contribution >= 4 is 5.97 Å². The van der Waals surface area contributed by atoms with Gasteiger partial charge in [-0.25, -0.2) is 4.79 Å². The quantitative estimate of drug-likeness (QED) is 0.652. The molecule has 0 amide bonds. The lowest BCUT2D eigenvalue weighted by molar-refractivity contribution is -0.178. The minimum atomic E-state index is -0.992. The van der Waals surface area contributed by atoms with E-state index in [-0.39, 0.29) is 24.2 Å². The van der Waals surface area contributed by atoms with Gasteiger partial charge >= 0.3 is 5.97 Å². The third-order valence-electron chi connectivity index (χ3n) is 3.89. The molecule has 19 heavy (non-hydrogen) atoms. The molecular weight excluding hydrogens is 250 g/mol. The van der Waals surface area contributed by atoms with E-state index in [0.29, 0.717) is 12.8 Å². The summed E-state index contributed by atoms with van der Waals surface area (Å²) in [4.78, 5) is 12.2. The number of esters is 1. The van der Waals surface area contributed by atoms with Crippen LogP contribution in [0.4, 0.5) is 0 Å². The zero-order chi connectivity index (χ0) is 14.1. The molecule has 3 fully saturated rings. The van der Waals surface area contributed by atoms with Crippen molar-refractivity contribution in [1.82, 2.24) is 0 Å². The molecule has 2 aliphatic heterocycles. The van der Waals surface area contributed by atoms with Gasteiger partial charge in [0.05, 0.1) is 6.10 Å². The van der Waals surface area contributed by atoms with Crippen LogP contribution >= 0.6 is 0 Å². The molecule has 2 N–H and O–H groups in total. The molecule has 0 aromatic carbocycles. The predicted molar refractivity (Wildman–Crippen MR) is 65.0 cm³/mol. The first-order chi connectivity index (χ1) is 8.63. The van der Waals surface area contributed by atoms with Gasteiger partial charge < -0.3 is 24.7 Å². The standard InChI is InChI=1S/C13H21NO5/c1-11(2)16-8-6-13(5-7(14)9(8)17-11)10(15)18-12(3,4)19-13/h7-9H,5-6,14H2,1-4H3/t7?,8-,9+,13-/m1/s1. The molecule has 108 valence electrons. The Balaban J connectivity index is 1.87. The van der Waals surface area contributed by atoms with Crippen LogP contribution in [0.15, 0.2) is 0 Å². The maximum atomic E-state index is 12.2. The second kappa shape index (κ2) is 3.69. The third kappa shape index (κ3) is 2.07. The zero-order valence-corrected chi connectivity index (χ0v) is 11.8. The van der Waals surface area contributed by atoms with E-state index in [1.807, 2.05) is 13.8 Å². The fourth-order valence-corrected chi connectivity index (χ4v) is 3.39. The van der Waals surface area contributed by atoms with Crippen molar-refractivity contribution in [3.05, 3.63) is 0 Å². The Bertz CT molecular complexity index is 421. The van der Waals surface area contributed by atoms with Crippen LogP contribution in [0.1, 0.15) is 40.5 Å². The summed E-state index contributed by atoms with van der Waals surface area (Å²) in [6.45, 7) is 7.16. The lowest BCUT2D eigenvalue weighted by Crippen LogP contribution is -2.57. The number of hydrogen-bond acceptors (Lipinski definition) is 6. The highest BCUT2D eigenvalue weighted by molar-refractivity contribution is 5.82. The van der Waals surface area contributed by atoms with Gasteiger partial charge in [-0.05, 0) is 13.8 Å². The van der Waals surface area contributed by atoms with Gasteiger partial charge in [0, 0.05) is 32.7 Å². The Morgan fingerprint density at radius 1 is 1.11 bits per heavy atom. The predicted octanol–water partition coefficient (Wildman–Crippen LogP) is 0.676. The summed E-state index contributed by atoms with van der Waals surface area (Å²) in [5.41, 5.74) is 5.16. The van der Waals surface area contributed by atoms with E-state index >= 15 is 0 Å². The average Bonchev–Trinajstić information content (AvgIpc) is 2.61. The number of nitrogens with two attached hydrogens (primary N) is 1. The number of rotatable bonds is 0. The molecule has 2 saturated heterocycles. The minimum absolute atomic E-state index is 0.194. The molecule has 1 aliphatic carbocycles. The van der Waals surface area contributed by atoms with Gasteiger partial charge in [0.1, 0.15) is 6.10 Å². The zero-order valence-electron chi connectivity index (χ0n) is 11.8. The molecule has 0 aromatic rings. The highest BCUT2D eigenvalue weighted by Crippen LogP contribution is 2.46. The van der Waals surface area contributed by atoms with Crippen molar-refractivity contribution in [3.8, 4) is 0 Å². The molecule has 0 aromatic heterocycles. The average molecular weight is 271 g/mol. The molecular formula is C13H21NO5. The van der Waals surface area contributed by atoms with E-state index in [2.05, 4.69) is 0 Å². The van der Waals surface area contributed by atoms with E-state index in [0.717, 1.165) is 0 Å². The van der Waals surface area contributed by atoms with Gasteiger partial charge in [0.25, 0.3) is 0 Å². The molecule has 6 nitrogen and oxygen atoms in total. The lowest BCUT2D eigenvalue weighted by Gasteiger charge is -2.38. The van der Waals surface area contributed by atoms with Gasteiger partial charge in [0.2, 0.25) is 5.79 Å². The number of hydrogen-bond donors (Lipinski definition) is 1. The normalized spacial score (nSPS) is 47.2. The number of ether oxygens (including phenoxy) is 4.